The summed E-state index contributed by atoms with van der Waals surface area (Å²) < 4.78 is 27.2. The van der Waals surface area contributed by atoms with E-state index >= 15 is 0 Å². The van der Waals surface area contributed by atoms with Crippen LogP contribution in [0.25, 0.3) is 0 Å². The van der Waals surface area contributed by atoms with Crippen LogP contribution in [-0.2, 0) is 16.6 Å². The molecule has 2 aromatic carbocycles. The van der Waals surface area contributed by atoms with Gasteiger partial charge in [0.05, 0.1) is 4.90 Å². The summed E-state index contributed by atoms with van der Waals surface area (Å²) in [5.74, 6) is 0.112. The van der Waals surface area contributed by atoms with E-state index in [1.165, 1.54) is 12.1 Å². The molecule has 2 aromatic rings. The first-order valence-corrected chi connectivity index (χ1v) is 9.78. The molecule has 0 unspecified atom stereocenters. The highest BCUT2D eigenvalue weighted by atomic mass is 32.2. The van der Waals surface area contributed by atoms with Gasteiger partial charge >= 0.3 is 0 Å². The Balaban J connectivity index is 2.03. The van der Waals surface area contributed by atoms with Crippen LogP contribution >= 0.6 is 0 Å². The number of hydrogen-bond acceptors (Lipinski definition) is 3. The van der Waals surface area contributed by atoms with E-state index in [1.54, 1.807) is 12.1 Å². The third-order valence-electron chi connectivity index (χ3n) is 3.72. The molecule has 0 aromatic heterocycles. The van der Waals surface area contributed by atoms with Crippen LogP contribution in [0.2, 0.25) is 0 Å². The molecule has 0 radical (unpaired) electrons. The smallest absolute Gasteiger partial charge is 0.251 e. The van der Waals surface area contributed by atoms with Crippen LogP contribution in [0, 0.1) is 5.92 Å². The number of nitrogens with one attached hydrogen (secondary N) is 2. The molecule has 0 fully saturated rings. The minimum Gasteiger partial charge on any atom is -0.348 e. The van der Waals surface area contributed by atoms with Gasteiger partial charge in [-0.2, -0.15) is 0 Å². The van der Waals surface area contributed by atoms with Gasteiger partial charge in [0.2, 0.25) is 10.0 Å². The van der Waals surface area contributed by atoms with Crippen molar-refractivity contribution in [1.29, 1.82) is 0 Å². The fourth-order valence-electron chi connectivity index (χ4n) is 2.25. The largest absolute Gasteiger partial charge is 0.348 e. The number of hydrogen-bond donors (Lipinski definition) is 2. The van der Waals surface area contributed by atoms with Gasteiger partial charge in [0.1, 0.15) is 0 Å². The lowest BCUT2D eigenvalue weighted by molar-refractivity contribution is 0.0950. The molecule has 0 spiro atoms. The Morgan fingerprint density at radius 1 is 1.04 bits per heavy atom. The maximum absolute atomic E-state index is 12.3. The molecule has 1 amide bonds. The number of sulfonamides is 1. The van der Waals surface area contributed by atoms with E-state index < -0.39 is 10.0 Å². The second kappa shape index (κ2) is 8.78. The van der Waals surface area contributed by atoms with E-state index in [9.17, 15) is 13.2 Å². The molecule has 5 nitrogen and oxygen atoms in total. The lowest BCUT2D eigenvalue weighted by Crippen LogP contribution is -2.27. The number of carbonyl (C=O) groups excluding carboxylic acids is 1. The van der Waals surface area contributed by atoms with Gasteiger partial charge in [-0.15, -0.1) is 0 Å². The molecule has 0 atom stereocenters. The van der Waals surface area contributed by atoms with Crippen molar-refractivity contribution in [3.8, 4) is 0 Å². The third-order valence-corrected chi connectivity index (χ3v) is 5.17. The fraction of sp³-hybridized carbons (Fsp3) is 0.316. The summed E-state index contributed by atoms with van der Waals surface area (Å²) >= 11 is 0. The van der Waals surface area contributed by atoms with E-state index in [2.05, 4.69) is 10.0 Å². The third kappa shape index (κ3) is 5.99. The lowest BCUT2D eigenvalue weighted by atomic mass is 10.1. The molecule has 6 heteroatoms. The summed E-state index contributed by atoms with van der Waals surface area (Å²) in [4.78, 5) is 12.4. The second-order valence-electron chi connectivity index (χ2n) is 6.28. The second-order valence-corrected chi connectivity index (χ2v) is 8.04. The van der Waals surface area contributed by atoms with Crippen molar-refractivity contribution in [1.82, 2.24) is 10.0 Å². The summed E-state index contributed by atoms with van der Waals surface area (Å²) in [6, 6.07) is 15.6. The van der Waals surface area contributed by atoms with E-state index in [-0.39, 0.29) is 10.8 Å². The summed E-state index contributed by atoms with van der Waals surface area (Å²) in [5.41, 5.74) is 1.30. The first-order chi connectivity index (χ1) is 11.9. The Morgan fingerprint density at radius 2 is 1.76 bits per heavy atom. The van der Waals surface area contributed by atoms with Crippen molar-refractivity contribution in [2.75, 3.05) is 6.54 Å². The zero-order valence-electron chi connectivity index (χ0n) is 14.5. The zero-order valence-corrected chi connectivity index (χ0v) is 15.3. The van der Waals surface area contributed by atoms with Gasteiger partial charge in [-0.1, -0.05) is 50.2 Å². The van der Waals surface area contributed by atoms with Crippen LogP contribution in [0.4, 0.5) is 0 Å². The first-order valence-electron chi connectivity index (χ1n) is 8.30. The van der Waals surface area contributed by atoms with Gasteiger partial charge in [0.25, 0.3) is 5.91 Å². The molecular weight excluding hydrogens is 336 g/mol. The average molecular weight is 360 g/mol. The zero-order chi connectivity index (χ0) is 18.3. The van der Waals surface area contributed by atoms with Crippen molar-refractivity contribution >= 4 is 15.9 Å². The van der Waals surface area contributed by atoms with Crippen LogP contribution in [0.15, 0.2) is 59.5 Å². The number of rotatable bonds is 8. The van der Waals surface area contributed by atoms with Gasteiger partial charge in [0.15, 0.2) is 0 Å². The van der Waals surface area contributed by atoms with Crippen molar-refractivity contribution in [2.24, 2.45) is 5.92 Å². The molecule has 25 heavy (non-hydrogen) atoms. The van der Waals surface area contributed by atoms with Crippen molar-refractivity contribution < 1.29 is 13.2 Å². The molecule has 0 aliphatic rings. The summed E-state index contributed by atoms with van der Waals surface area (Å²) in [6.45, 7) is 4.84. The maximum atomic E-state index is 12.3. The van der Waals surface area contributed by atoms with Crippen molar-refractivity contribution in [3.05, 3.63) is 65.7 Å². The van der Waals surface area contributed by atoms with Crippen LogP contribution in [0.3, 0.4) is 0 Å². The standard InChI is InChI=1S/C19H24N2O3S/c1-15(2)11-12-21-25(23,24)18-10-6-9-17(13-18)19(22)20-14-16-7-4-3-5-8-16/h3-10,13,15,21H,11-12,14H2,1-2H3,(H,20,22). The molecule has 2 rings (SSSR count). The number of amides is 1. The Morgan fingerprint density at radius 3 is 2.44 bits per heavy atom. The predicted octanol–water partition coefficient (Wildman–Crippen LogP) is 2.94. The Labute approximate surface area is 149 Å². The first kappa shape index (κ1) is 19.1. The van der Waals surface area contributed by atoms with E-state index in [0.29, 0.717) is 24.6 Å². The van der Waals surface area contributed by atoms with Crippen LogP contribution in [0.5, 0.6) is 0 Å². The van der Waals surface area contributed by atoms with E-state index in [0.717, 1.165) is 12.0 Å². The molecule has 0 heterocycles. The van der Waals surface area contributed by atoms with Gasteiger partial charge in [-0.25, -0.2) is 13.1 Å². The highest BCUT2D eigenvalue weighted by molar-refractivity contribution is 7.89. The number of benzene rings is 2. The SMILES string of the molecule is CC(C)CCNS(=O)(=O)c1cccc(C(=O)NCc2ccccc2)c1. The van der Waals surface area contributed by atoms with Crippen LogP contribution in [0.1, 0.15) is 36.2 Å². The molecule has 0 saturated carbocycles. The van der Waals surface area contributed by atoms with Gasteiger partial charge in [0, 0.05) is 18.7 Å². The molecular formula is C19H24N2O3S. The molecule has 0 saturated heterocycles. The molecule has 134 valence electrons. The highest BCUT2D eigenvalue weighted by Gasteiger charge is 2.16. The topological polar surface area (TPSA) is 75.3 Å². The predicted molar refractivity (Wildman–Crippen MR) is 98.7 cm³/mol. The monoisotopic (exact) mass is 360 g/mol. The summed E-state index contributed by atoms with van der Waals surface area (Å²) in [7, 11) is -3.61. The van der Waals surface area contributed by atoms with Gasteiger partial charge in [-0.05, 0) is 36.1 Å². The van der Waals surface area contributed by atoms with Gasteiger partial charge in [-0.3, -0.25) is 4.79 Å². The molecule has 0 aliphatic heterocycles. The van der Waals surface area contributed by atoms with Crippen molar-refractivity contribution in [3.63, 3.8) is 0 Å². The van der Waals surface area contributed by atoms with E-state index in [1.807, 2.05) is 44.2 Å². The maximum Gasteiger partial charge on any atom is 0.251 e. The minimum atomic E-state index is -3.61. The summed E-state index contributed by atoms with van der Waals surface area (Å²) in [6.07, 6.45) is 0.760. The summed E-state index contributed by atoms with van der Waals surface area (Å²) in [5, 5.41) is 2.80. The Bertz CT molecular complexity index is 802. The molecule has 0 aliphatic carbocycles. The lowest BCUT2D eigenvalue weighted by Gasteiger charge is -2.10. The Kier molecular flexibility index (Phi) is 6.73. The van der Waals surface area contributed by atoms with Crippen LogP contribution in [-0.4, -0.2) is 20.9 Å². The van der Waals surface area contributed by atoms with Gasteiger partial charge < -0.3 is 5.32 Å². The quantitative estimate of drug-likeness (QED) is 0.760. The number of carbonyl (C=O) groups is 1. The normalized spacial score (nSPS) is 11.5. The van der Waals surface area contributed by atoms with Crippen molar-refractivity contribution in [2.45, 2.75) is 31.7 Å². The fourth-order valence-corrected chi connectivity index (χ4v) is 3.34. The molecule has 0 bridgehead atoms. The average Bonchev–Trinajstić information content (AvgIpc) is 2.60. The highest BCUT2D eigenvalue weighted by Crippen LogP contribution is 2.12. The molecule has 2 N–H and O–H groups in total. The Hall–Kier alpha value is -2.18. The van der Waals surface area contributed by atoms with Crippen LogP contribution < -0.4 is 10.0 Å². The minimum absolute atomic E-state index is 0.101. The van der Waals surface area contributed by atoms with E-state index in [4.69, 9.17) is 0 Å².